The predicted octanol–water partition coefficient (Wildman–Crippen LogP) is 5.63. The predicted molar refractivity (Wildman–Crippen MR) is 156 cm³/mol. The summed E-state index contributed by atoms with van der Waals surface area (Å²) in [5.41, 5.74) is 6.39. The smallest absolute Gasteiger partial charge is 0.394 e. The van der Waals surface area contributed by atoms with Gasteiger partial charge in [-0.1, -0.05) is 6.07 Å². The SMILES string of the molecule is CC1(C)CC(CCCN)CN1c1nc(-n2ccc(OCCC3(C(F)(F)F)CC3)n2)ccc1C(=O)NOSc1cccc(F)n1. The van der Waals surface area contributed by atoms with Gasteiger partial charge in [0.25, 0.3) is 5.91 Å². The van der Waals surface area contributed by atoms with Gasteiger partial charge >= 0.3 is 6.18 Å². The van der Waals surface area contributed by atoms with Gasteiger partial charge in [0.15, 0.2) is 5.82 Å². The lowest BCUT2D eigenvalue weighted by molar-refractivity contribution is -0.190. The molecule has 44 heavy (non-hydrogen) atoms. The van der Waals surface area contributed by atoms with E-state index in [1.807, 2.05) is 0 Å². The van der Waals surface area contributed by atoms with Crippen LogP contribution in [0.2, 0.25) is 0 Å². The summed E-state index contributed by atoms with van der Waals surface area (Å²) in [6.45, 7) is 5.31. The number of amides is 1. The Bertz CT molecular complexity index is 1460. The average molecular weight is 638 g/mol. The first-order chi connectivity index (χ1) is 20.9. The first-order valence-electron chi connectivity index (χ1n) is 14.4. The van der Waals surface area contributed by atoms with E-state index < -0.39 is 23.4 Å². The number of carbonyl (C=O) groups is 1. The van der Waals surface area contributed by atoms with Crippen LogP contribution in [-0.4, -0.2) is 57.1 Å². The number of halogens is 4. The molecule has 0 aromatic carbocycles. The molecule has 3 aromatic heterocycles. The molecule has 3 aromatic rings. The number of hydrogen-bond acceptors (Lipinski definition) is 9. The molecule has 3 N–H and O–H groups in total. The summed E-state index contributed by atoms with van der Waals surface area (Å²) in [7, 11) is 0. The fourth-order valence-electron chi connectivity index (χ4n) is 5.59. The number of nitrogens with zero attached hydrogens (tertiary/aromatic N) is 5. The Labute approximate surface area is 256 Å². The summed E-state index contributed by atoms with van der Waals surface area (Å²) in [4.78, 5) is 23.9. The molecule has 1 amide bonds. The lowest BCUT2D eigenvalue weighted by atomic mass is 9.93. The normalized spacial score (nSPS) is 18.8. The van der Waals surface area contributed by atoms with E-state index in [2.05, 4.69) is 34.3 Å². The van der Waals surface area contributed by atoms with Crippen molar-refractivity contribution in [2.24, 2.45) is 17.1 Å². The molecule has 15 heteroatoms. The third-order valence-electron chi connectivity index (χ3n) is 8.17. The number of rotatable bonds is 13. The third kappa shape index (κ3) is 7.26. The van der Waals surface area contributed by atoms with Gasteiger partial charge in [-0.3, -0.25) is 4.79 Å². The van der Waals surface area contributed by atoms with Crippen molar-refractivity contribution in [1.29, 1.82) is 0 Å². The second-order valence-corrected chi connectivity index (χ2v) is 12.6. The Morgan fingerprint density at radius 1 is 1.18 bits per heavy atom. The summed E-state index contributed by atoms with van der Waals surface area (Å²) in [5, 5.41) is 4.59. The van der Waals surface area contributed by atoms with Crippen LogP contribution in [0.25, 0.3) is 5.82 Å². The molecule has 0 radical (unpaired) electrons. The standard InChI is InChI=1S/C29H35F4N7O3S/c1-27(2)17-19(5-4-14-34)18-39(27)25-20(26(41)38-43-44-24-7-3-6-21(30)35-24)8-9-22(36-25)40-15-10-23(37-40)42-16-13-28(11-12-28)29(31,32)33/h3,6-10,15,19H,4-5,11-14,16-18,34H2,1-2H3,(H,38,41). The second-order valence-electron chi connectivity index (χ2n) is 11.8. The highest BCUT2D eigenvalue weighted by Crippen LogP contribution is 2.59. The van der Waals surface area contributed by atoms with Crippen LogP contribution in [0.3, 0.4) is 0 Å². The Hall–Kier alpha value is -3.43. The lowest BCUT2D eigenvalue weighted by Crippen LogP contribution is -2.40. The number of anilines is 1. The molecule has 5 rings (SSSR count). The van der Waals surface area contributed by atoms with Crippen LogP contribution >= 0.6 is 12.0 Å². The molecule has 10 nitrogen and oxygen atoms in total. The molecule has 1 aliphatic carbocycles. The van der Waals surface area contributed by atoms with Gasteiger partial charge in [-0.05, 0) is 89.1 Å². The van der Waals surface area contributed by atoms with E-state index in [1.165, 1.54) is 22.9 Å². The van der Waals surface area contributed by atoms with Crippen molar-refractivity contribution in [2.45, 2.75) is 69.1 Å². The molecule has 2 fully saturated rings. The minimum atomic E-state index is -4.24. The molecule has 0 bridgehead atoms. The van der Waals surface area contributed by atoms with Crippen LogP contribution in [0.1, 0.15) is 62.7 Å². The third-order valence-corrected chi connectivity index (χ3v) is 8.74. The van der Waals surface area contributed by atoms with Gasteiger partial charge in [0.2, 0.25) is 11.8 Å². The average Bonchev–Trinajstić information content (AvgIpc) is 3.52. The Morgan fingerprint density at radius 3 is 2.68 bits per heavy atom. The number of hydroxylamine groups is 1. The number of hydrogen-bond donors (Lipinski definition) is 2. The van der Waals surface area contributed by atoms with E-state index in [0.29, 0.717) is 42.7 Å². The van der Waals surface area contributed by atoms with Gasteiger partial charge in [0.05, 0.1) is 29.6 Å². The Kier molecular flexibility index (Phi) is 9.37. The second kappa shape index (κ2) is 12.9. The highest BCUT2D eigenvalue weighted by atomic mass is 32.2. The highest BCUT2D eigenvalue weighted by Gasteiger charge is 2.62. The number of nitrogens with two attached hydrogens (primary N) is 1. The maximum atomic E-state index is 13.4. The maximum Gasteiger partial charge on any atom is 0.394 e. The summed E-state index contributed by atoms with van der Waals surface area (Å²) in [6, 6.07) is 8.99. The van der Waals surface area contributed by atoms with Crippen LogP contribution < -0.4 is 20.9 Å². The minimum absolute atomic E-state index is 0.108. The fraction of sp³-hybridized carbons (Fsp3) is 0.517. The Morgan fingerprint density at radius 2 is 1.98 bits per heavy atom. The van der Waals surface area contributed by atoms with E-state index in [4.69, 9.17) is 19.7 Å². The fourth-order valence-corrected chi connectivity index (χ4v) is 6.05. The monoisotopic (exact) mass is 637 g/mol. The quantitative estimate of drug-likeness (QED) is 0.106. The van der Waals surface area contributed by atoms with E-state index in [-0.39, 0.29) is 47.9 Å². The van der Waals surface area contributed by atoms with Gasteiger partial charge in [0.1, 0.15) is 10.8 Å². The van der Waals surface area contributed by atoms with Crippen molar-refractivity contribution in [3.63, 3.8) is 0 Å². The number of ether oxygens (including phenoxy) is 1. The molecule has 1 unspecified atom stereocenters. The molecule has 1 saturated heterocycles. The zero-order chi connectivity index (χ0) is 31.5. The highest BCUT2D eigenvalue weighted by molar-refractivity contribution is 7.94. The zero-order valence-corrected chi connectivity index (χ0v) is 25.3. The van der Waals surface area contributed by atoms with Crippen molar-refractivity contribution in [3.8, 4) is 11.7 Å². The van der Waals surface area contributed by atoms with E-state index in [1.54, 1.807) is 24.4 Å². The molecule has 1 atom stereocenters. The van der Waals surface area contributed by atoms with Gasteiger partial charge in [0, 0.05) is 24.3 Å². The van der Waals surface area contributed by atoms with Crippen molar-refractivity contribution >= 4 is 23.8 Å². The van der Waals surface area contributed by atoms with Crippen molar-refractivity contribution < 1.29 is 31.4 Å². The molecular weight excluding hydrogens is 602 g/mol. The van der Waals surface area contributed by atoms with Crippen LogP contribution in [0.15, 0.2) is 47.6 Å². The van der Waals surface area contributed by atoms with E-state index in [0.717, 1.165) is 19.3 Å². The van der Waals surface area contributed by atoms with Gasteiger partial charge in [-0.2, -0.15) is 21.8 Å². The molecule has 2 aliphatic rings. The van der Waals surface area contributed by atoms with Crippen molar-refractivity contribution in [2.75, 3.05) is 24.6 Å². The molecule has 1 aliphatic heterocycles. The molecule has 238 valence electrons. The largest absolute Gasteiger partial charge is 0.477 e. The van der Waals surface area contributed by atoms with Crippen LogP contribution in [-0.2, 0) is 4.28 Å². The van der Waals surface area contributed by atoms with Crippen LogP contribution in [0, 0.1) is 17.3 Å². The molecule has 0 spiro atoms. The number of aromatic nitrogens is 4. The van der Waals surface area contributed by atoms with Crippen molar-refractivity contribution in [3.05, 3.63) is 54.1 Å². The van der Waals surface area contributed by atoms with Gasteiger partial charge in [-0.25, -0.2) is 20.1 Å². The van der Waals surface area contributed by atoms with E-state index in [9.17, 15) is 22.4 Å². The summed E-state index contributed by atoms with van der Waals surface area (Å²) in [6.07, 6.45) is 0.164. The first-order valence-corrected chi connectivity index (χ1v) is 15.2. The number of nitrogens with one attached hydrogen (secondary N) is 1. The summed E-state index contributed by atoms with van der Waals surface area (Å²) < 4.78 is 65.5. The van der Waals surface area contributed by atoms with Gasteiger partial charge in [-0.15, -0.1) is 5.10 Å². The van der Waals surface area contributed by atoms with Crippen molar-refractivity contribution in [1.82, 2.24) is 25.2 Å². The number of alkyl halides is 3. The van der Waals surface area contributed by atoms with Crippen LogP contribution in [0.4, 0.5) is 23.4 Å². The molecule has 1 saturated carbocycles. The zero-order valence-electron chi connectivity index (χ0n) is 24.4. The Balaban J connectivity index is 1.34. The summed E-state index contributed by atoms with van der Waals surface area (Å²) >= 11 is 0.701. The number of pyridine rings is 2. The van der Waals surface area contributed by atoms with Crippen LogP contribution in [0.5, 0.6) is 5.88 Å². The number of carbonyl (C=O) groups excluding carboxylic acids is 1. The molecular formula is C29H35F4N7O3S. The van der Waals surface area contributed by atoms with E-state index >= 15 is 0 Å². The summed E-state index contributed by atoms with van der Waals surface area (Å²) in [5.74, 6) is 0.0854. The molecule has 4 heterocycles. The minimum Gasteiger partial charge on any atom is -0.477 e. The topological polar surface area (TPSA) is 120 Å². The first kappa shape index (κ1) is 32.0. The van der Waals surface area contributed by atoms with Gasteiger partial charge < -0.3 is 15.4 Å². The maximum absolute atomic E-state index is 13.4. The lowest BCUT2D eigenvalue weighted by Gasteiger charge is -2.33.